The minimum atomic E-state index is 0.567. The molecule has 0 aliphatic heterocycles. The first-order valence-electron chi connectivity index (χ1n) is 7.32. The van der Waals surface area contributed by atoms with Gasteiger partial charge >= 0.3 is 0 Å². The van der Waals surface area contributed by atoms with Gasteiger partial charge in [0.1, 0.15) is 0 Å². The largest absolute Gasteiger partial charge is 0.370 e. The van der Waals surface area contributed by atoms with Gasteiger partial charge in [0.25, 0.3) is 0 Å². The van der Waals surface area contributed by atoms with E-state index in [4.69, 9.17) is 5.73 Å². The summed E-state index contributed by atoms with van der Waals surface area (Å²) in [5.74, 6) is 3.88. The zero-order valence-electron chi connectivity index (χ0n) is 12.0. The van der Waals surface area contributed by atoms with Crippen LogP contribution in [0.5, 0.6) is 0 Å². The first-order chi connectivity index (χ1) is 8.68. The summed E-state index contributed by atoms with van der Waals surface area (Å²) in [5, 5.41) is 3.35. The van der Waals surface area contributed by atoms with E-state index < -0.39 is 0 Å². The van der Waals surface area contributed by atoms with Crippen LogP contribution in [0, 0.1) is 5.92 Å². The topological polar surface area (TPSA) is 50.4 Å². The van der Waals surface area contributed by atoms with Gasteiger partial charge in [0.05, 0.1) is 0 Å². The number of nitrogens with two attached hydrogens (primary N) is 1. The number of hydrogen-bond donors (Lipinski definition) is 2. The molecule has 0 heterocycles. The molecule has 18 heavy (non-hydrogen) atoms. The zero-order chi connectivity index (χ0) is 13.2. The minimum Gasteiger partial charge on any atom is -0.370 e. The molecule has 106 valence electrons. The van der Waals surface area contributed by atoms with Gasteiger partial charge in [-0.1, -0.05) is 33.1 Å². The van der Waals surface area contributed by atoms with Crippen molar-refractivity contribution in [1.82, 2.24) is 5.32 Å². The van der Waals surface area contributed by atoms with Crippen LogP contribution >= 0.6 is 11.8 Å². The molecule has 1 rings (SSSR count). The molecule has 0 unspecified atom stereocenters. The van der Waals surface area contributed by atoms with Crippen LogP contribution in [0.15, 0.2) is 4.99 Å². The second kappa shape index (κ2) is 9.54. The quantitative estimate of drug-likeness (QED) is 0.425. The highest BCUT2D eigenvalue weighted by molar-refractivity contribution is 7.99. The van der Waals surface area contributed by atoms with E-state index >= 15 is 0 Å². The van der Waals surface area contributed by atoms with Crippen molar-refractivity contribution in [2.75, 3.05) is 18.1 Å². The average Bonchev–Trinajstić information content (AvgIpc) is 2.34. The van der Waals surface area contributed by atoms with E-state index in [1.54, 1.807) is 0 Å². The highest BCUT2D eigenvalue weighted by Gasteiger charge is 2.12. The predicted molar refractivity (Wildman–Crippen MR) is 83.3 cm³/mol. The van der Waals surface area contributed by atoms with Gasteiger partial charge in [0.2, 0.25) is 0 Å². The third-order valence-electron chi connectivity index (χ3n) is 3.14. The Morgan fingerprint density at radius 2 is 2.06 bits per heavy atom. The van der Waals surface area contributed by atoms with Crippen LogP contribution in [0.4, 0.5) is 0 Å². The van der Waals surface area contributed by atoms with Crippen molar-refractivity contribution in [3.05, 3.63) is 0 Å². The highest BCUT2D eigenvalue weighted by atomic mass is 32.2. The van der Waals surface area contributed by atoms with Gasteiger partial charge in [-0.25, -0.2) is 0 Å². The van der Waals surface area contributed by atoms with E-state index in [1.165, 1.54) is 43.6 Å². The van der Waals surface area contributed by atoms with Crippen LogP contribution in [-0.4, -0.2) is 30.1 Å². The Balaban J connectivity index is 2.02. The molecule has 3 N–H and O–H groups in total. The van der Waals surface area contributed by atoms with E-state index in [0.717, 1.165) is 18.9 Å². The summed E-state index contributed by atoms with van der Waals surface area (Å²) in [6, 6.07) is 0.567. The SMILES string of the molecule is CC(C)CSCCCN=C(N)NC1CCCCC1. The Morgan fingerprint density at radius 3 is 2.72 bits per heavy atom. The van der Waals surface area contributed by atoms with E-state index in [0.29, 0.717) is 12.0 Å². The van der Waals surface area contributed by atoms with Crippen LogP contribution in [0.1, 0.15) is 52.4 Å². The molecule has 0 amide bonds. The molecule has 0 aromatic rings. The number of rotatable bonds is 7. The lowest BCUT2D eigenvalue weighted by Crippen LogP contribution is -2.41. The molecule has 0 bridgehead atoms. The molecule has 0 saturated heterocycles. The highest BCUT2D eigenvalue weighted by Crippen LogP contribution is 2.17. The normalized spacial score (nSPS) is 18.3. The smallest absolute Gasteiger partial charge is 0.188 e. The van der Waals surface area contributed by atoms with Gasteiger partial charge in [-0.3, -0.25) is 4.99 Å². The van der Waals surface area contributed by atoms with Crippen molar-refractivity contribution in [2.24, 2.45) is 16.6 Å². The van der Waals surface area contributed by atoms with Gasteiger partial charge < -0.3 is 11.1 Å². The Morgan fingerprint density at radius 1 is 1.33 bits per heavy atom. The Hall–Kier alpha value is -0.380. The van der Waals surface area contributed by atoms with E-state index in [9.17, 15) is 0 Å². The van der Waals surface area contributed by atoms with Crippen LogP contribution in [-0.2, 0) is 0 Å². The van der Waals surface area contributed by atoms with Gasteiger partial charge in [0, 0.05) is 12.6 Å². The van der Waals surface area contributed by atoms with E-state index in [2.05, 4.69) is 24.2 Å². The summed E-state index contributed by atoms with van der Waals surface area (Å²) in [6.45, 7) is 5.38. The number of nitrogens with one attached hydrogen (secondary N) is 1. The van der Waals surface area contributed by atoms with Crippen LogP contribution in [0.2, 0.25) is 0 Å². The molecule has 0 aromatic heterocycles. The van der Waals surface area contributed by atoms with Gasteiger partial charge in [-0.05, 0) is 36.7 Å². The summed E-state index contributed by atoms with van der Waals surface area (Å²) in [6.07, 6.45) is 7.67. The second-order valence-electron chi connectivity index (χ2n) is 5.57. The Bertz CT molecular complexity index is 235. The molecule has 1 fully saturated rings. The van der Waals surface area contributed by atoms with Crippen molar-refractivity contribution in [2.45, 2.75) is 58.4 Å². The fraction of sp³-hybridized carbons (Fsp3) is 0.929. The summed E-state index contributed by atoms with van der Waals surface area (Å²) in [5.41, 5.74) is 5.90. The van der Waals surface area contributed by atoms with E-state index in [1.807, 2.05) is 11.8 Å². The zero-order valence-corrected chi connectivity index (χ0v) is 12.8. The molecule has 1 aliphatic rings. The number of thioether (sulfide) groups is 1. The fourth-order valence-corrected chi connectivity index (χ4v) is 3.16. The van der Waals surface area contributed by atoms with Crippen LogP contribution < -0.4 is 11.1 Å². The molecular weight excluding hydrogens is 242 g/mol. The summed E-state index contributed by atoms with van der Waals surface area (Å²) < 4.78 is 0. The van der Waals surface area contributed by atoms with Gasteiger partial charge in [-0.15, -0.1) is 0 Å². The molecule has 1 saturated carbocycles. The Labute approximate surface area is 116 Å². The molecule has 0 spiro atoms. The molecule has 1 aliphatic carbocycles. The lowest BCUT2D eigenvalue weighted by molar-refractivity contribution is 0.412. The van der Waals surface area contributed by atoms with Crippen molar-refractivity contribution < 1.29 is 0 Å². The number of hydrogen-bond acceptors (Lipinski definition) is 2. The molecule has 0 aromatic carbocycles. The molecular formula is C14H29N3S. The lowest BCUT2D eigenvalue weighted by Gasteiger charge is -2.23. The molecule has 0 atom stereocenters. The summed E-state index contributed by atoms with van der Waals surface area (Å²) in [7, 11) is 0. The first kappa shape index (κ1) is 15.7. The fourth-order valence-electron chi connectivity index (χ4n) is 2.19. The maximum Gasteiger partial charge on any atom is 0.188 e. The maximum absolute atomic E-state index is 5.90. The first-order valence-corrected chi connectivity index (χ1v) is 8.48. The standard InChI is InChI=1S/C14H29N3S/c1-12(2)11-18-10-6-9-16-14(15)17-13-7-4-3-5-8-13/h12-13H,3-11H2,1-2H3,(H3,15,16,17). The Kier molecular flexibility index (Phi) is 8.31. The second-order valence-corrected chi connectivity index (χ2v) is 6.72. The molecule has 0 radical (unpaired) electrons. The number of aliphatic imine (C=N–C) groups is 1. The molecule has 3 nitrogen and oxygen atoms in total. The molecule has 4 heteroatoms. The monoisotopic (exact) mass is 271 g/mol. The lowest BCUT2D eigenvalue weighted by atomic mass is 9.96. The summed E-state index contributed by atoms with van der Waals surface area (Å²) >= 11 is 2.02. The van der Waals surface area contributed by atoms with E-state index in [-0.39, 0.29) is 0 Å². The van der Waals surface area contributed by atoms with Crippen LogP contribution in [0.25, 0.3) is 0 Å². The number of guanidine groups is 1. The van der Waals surface area contributed by atoms with Crippen molar-refractivity contribution in [3.8, 4) is 0 Å². The average molecular weight is 271 g/mol. The van der Waals surface area contributed by atoms with Crippen LogP contribution in [0.3, 0.4) is 0 Å². The van der Waals surface area contributed by atoms with Gasteiger partial charge in [0.15, 0.2) is 5.96 Å². The maximum atomic E-state index is 5.90. The van der Waals surface area contributed by atoms with Gasteiger partial charge in [-0.2, -0.15) is 11.8 Å². The third-order valence-corrected chi connectivity index (χ3v) is 4.62. The van der Waals surface area contributed by atoms with Crippen molar-refractivity contribution >= 4 is 17.7 Å². The van der Waals surface area contributed by atoms with Crippen molar-refractivity contribution in [3.63, 3.8) is 0 Å². The van der Waals surface area contributed by atoms with Crippen molar-refractivity contribution in [1.29, 1.82) is 0 Å². The minimum absolute atomic E-state index is 0.567. The number of nitrogens with zero attached hydrogens (tertiary/aromatic N) is 1. The predicted octanol–water partition coefficient (Wildman–Crippen LogP) is 3.00. The third kappa shape index (κ3) is 7.85. The summed E-state index contributed by atoms with van der Waals surface area (Å²) in [4.78, 5) is 4.40.